The number of pyridine rings is 1. The molecule has 0 aliphatic rings. The molecule has 2 amide bonds. The molecule has 8 heteroatoms. The molecule has 2 N–H and O–H groups in total. The van der Waals surface area contributed by atoms with Crippen LogP contribution in [-0.2, 0) is 6.54 Å². The van der Waals surface area contributed by atoms with Crippen molar-refractivity contribution >= 4 is 17.5 Å². The number of rotatable bonds is 11. The Balaban J connectivity index is 1.51. The normalized spacial score (nSPS) is 10.6. The number of carbonyl (C=O) groups excluding carboxylic acids is 1. The Morgan fingerprint density at radius 1 is 0.879 bits per heavy atom. The average molecular weight is 457 g/mol. The zero-order valence-corrected chi connectivity index (χ0v) is 18.2. The standard InChI is InChI=1S/C25H27F3N4O/c26-20-12-13-23(22(28)17-20)31-25(33)32(18-19-9-3-4-10-21(19)27)16-8-2-1-6-14-29-24-11-5-7-15-30-24/h3-5,7,9-13,15,17H,1-2,6,8,14,16,18H2,(H,29,30)(H,31,33). The first-order valence-electron chi connectivity index (χ1n) is 10.9. The van der Waals surface area contributed by atoms with Crippen LogP contribution in [0.15, 0.2) is 66.9 Å². The molecular formula is C25H27F3N4O. The summed E-state index contributed by atoms with van der Waals surface area (Å²) in [6, 6.07) is 14.3. The molecule has 3 rings (SSSR count). The second kappa shape index (κ2) is 12.5. The Labute approximate surface area is 191 Å². The number of nitrogens with zero attached hydrogens (tertiary/aromatic N) is 2. The number of aromatic nitrogens is 1. The van der Waals surface area contributed by atoms with Gasteiger partial charge in [0.15, 0.2) is 0 Å². The Morgan fingerprint density at radius 2 is 1.67 bits per heavy atom. The number of hydrogen-bond donors (Lipinski definition) is 2. The molecule has 0 aliphatic carbocycles. The van der Waals surface area contributed by atoms with E-state index >= 15 is 0 Å². The van der Waals surface area contributed by atoms with Gasteiger partial charge in [0.25, 0.3) is 0 Å². The third kappa shape index (κ3) is 7.82. The zero-order chi connectivity index (χ0) is 23.5. The molecule has 0 atom stereocenters. The highest BCUT2D eigenvalue weighted by molar-refractivity contribution is 5.89. The van der Waals surface area contributed by atoms with Crippen molar-refractivity contribution in [3.8, 4) is 0 Å². The number of unbranched alkanes of at least 4 members (excludes halogenated alkanes) is 3. The minimum Gasteiger partial charge on any atom is -0.370 e. The second-order valence-corrected chi connectivity index (χ2v) is 7.62. The van der Waals surface area contributed by atoms with Crippen molar-refractivity contribution in [3.63, 3.8) is 0 Å². The van der Waals surface area contributed by atoms with Gasteiger partial charge in [0.2, 0.25) is 0 Å². The molecule has 0 spiro atoms. The molecule has 0 saturated carbocycles. The van der Waals surface area contributed by atoms with Crippen LogP contribution in [0.4, 0.5) is 29.5 Å². The van der Waals surface area contributed by atoms with Crippen molar-refractivity contribution in [1.29, 1.82) is 0 Å². The van der Waals surface area contributed by atoms with Gasteiger partial charge in [-0.15, -0.1) is 0 Å². The number of urea groups is 1. The highest BCUT2D eigenvalue weighted by Crippen LogP contribution is 2.17. The average Bonchev–Trinajstić information content (AvgIpc) is 2.81. The van der Waals surface area contributed by atoms with Crippen molar-refractivity contribution in [2.45, 2.75) is 32.2 Å². The molecular weight excluding hydrogens is 429 g/mol. The first kappa shape index (κ1) is 24.1. The summed E-state index contributed by atoms with van der Waals surface area (Å²) in [4.78, 5) is 18.4. The van der Waals surface area contributed by atoms with E-state index in [0.29, 0.717) is 24.6 Å². The molecule has 0 saturated heterocycles. The van der Waals surface area contributed by atoms with E-state index in [1.165, 1.54) is 17.0 Å². The summed E-state index contributed by atoms with van der Waals surface area (Å²) in [5.41, 5.74) is 0.243. The highest BCUT2D eigenvalue weighted by Gasteiger charge is 2.17. The Bertz CT molecular complexity index is 1030. The topological polar surface area (TPSA) is 57.3 Å². The second-order valence-electron chi connectivity index (χ2n) is 7.62. The Kier molecular flexibility index (Phi) is 9.11. The van der Waals surface area contributed by atoms with E-state index in [4.69, 9.17) is 0 Å². The van der Waals surface area contributed by atoms with Gasteiger partial charge in [-0.25, -0.2) is 22.9 Å². The minimum absolute atomic E-state index is 0.0442. The zero-order valence-electron chi connectivity index (χ0n) is 18.2. The quantitative estimate of drug-likeness (QED) is 0.338. The Hall–Kier alpha value is -3.55. The minimum atomic E-state index is -0.866. The predicted molar refractivity (Wildman–Crippen MR) is 123 cm³/mol. The number of hydrogen-bond acceptors (Lipinski definition) is 3. The van der Waals surface area contributed by atoms with Crippen LogP contribution in [-0.4, -0.2) is 29.0 Å². The third-order valence-corrected chi connectivity index (χ3v) is 5.10. The van der Waals surface area contributed by atoms with E-state index in [0.717, 1.165) is 37.7 Å². The smallest absolute Gasteiger partial charge is 0.322 e. The number of benzene rings is 2. The number of anilines is 2. The maximum Gasteiger partial charge on any atom is 0.322 e. The van der Waals surface area contributed by atoms with Crippen LogP contribution in [0.3, 0.4) is 0 Å². The van der Waals surface area contributed by atoms with Gasteiger partial charge in [0.1, 0.15) is 23.3 Å². The van der Waals surface area contributed by atoms with E-state index < -0.39 is 23.5 Å². The fourth-order valence-electron chi connectivity index (χ4n) is 3.33. The van der Waals surface area contributed by atoms with Crippen molar-refractivity contribution in [2.24, 2.45) is 0 Å². The lowest BCUT2D eigenvalue weighted by Gasteiger charge is -2.24. The summed E-state index contributed by atoms with van der Waals surface area (Å²) in [5.74, 6) is -1.18. The van der Waals surface area contributed by atoms with Crippen LogP contribution in [0.1, 0.15) is 31.2 Å². The molecule has 0 fully saturated rings. The SMILES string of the molecule is O=C(Nc1ccc(F)cc1F)N(CCCCCCNc1ccccn1)Cc1ccccc1F. The largest absolute Gasteiger partial charge is 0.370 e. The van der Waals surface area contributed by atoms with Crippen molar-refractivity contribution in [1.82, 2.24) is 9.88 Å². The lowest BCUT2D eigenvalue weighted by Crippen LogP contribution is -2.35. The number of amides is 2. The van der Waals surface area contributed by atoms with Crippen molar-refractivity contribution in [3.05, 3.63) is 89.9 Å². The van der Waals surface area contributed by atoms with E-state index in [9.17, 15) is 18.0 Å². The fourth-order valence-corrected chi connectivity index (χ4v) is 3.33. The van der Waals surface area contributed by atoms with Crippen LogP contribution < -0.4 is 10.6 Å². The summed E-state index contributed by atoms with van der Waals surface area (Å²) in [6.45, 7) is 1.21. The van der Waals surface area contributed by atoms with Crippen molar-refractivity contribution in [2.75, 3.05) is 23.7 Å². The summed E-state index contributed by atoms with van der Waals surface area (Å²) in [7, 11) is 0. The van der Waals surface area contributed by atoms with Crippen LogP contribution in [0, 0.1) is 17.5 Å². The number of carbonyl (C=O) groups is 1. The monoisotopic (exact) mass is 456 g/mol. The van der Waals surface area contributed by atoms with E-state index in [2.05, 4.69) is 15.6 Å². The molecule has 174 valence electrons. The summed E-state index contributed by atoms with van der Waals surface area (Å²) >= 11 is 0. The fraction of sp³-hybridized carbons (Fsp3) is 0.280. The van der Waals surface area contributed by atoms with Crippen LogP contribution >= 0.6 is 0 Å². The highest BCUT2D eigenvalue weighted by atomic mass is 19.1. The van der Waals surface area contributed by atoms with Gasteiger partial charge in [0.05, 0.1) is 12.2 Å². The van der Waals surface area contributed by atoms with Gasteiger partial charge in [-0.2, -0.15) is 0 Å². The molecule has 3 aromatic rings. The first-order chi connectivity index (χ1) is 16.0. The van der Waals surface area contributed by atoms with Gasteiger partial charge in [-0.3, -0.25) is 0 Å². The number of halogens is 3. The number of nitrogens with one attached hydrogen (secondary N) is 2. The van der Waals surface area contributed by atoms with E-state index in [1.807, 2.05) is 18.2 Å². The molecule has 5 nitrogen and oxygen atoms in total. The van der Waals surface area contributed by atoms with Gasteiger partial charge in [-0.1, -0.05) is 37.1 Å². The predicted octanol–water partition coefficient (Wildman–Crippen LogP) is 6.21. The molecule has 33 heavy (non-hydrogen) atoms. The summed E-state index contributed by atoms with van der Waals surface area (Å²) in [6.07, 6.45) is 5.20. The maximum absolute atomic E-state index is 14.1. The summed E-state index contributed by atoms with van der Waals surface area (Å²) < 4.78 is 41.3. The van der Waals surface area contributed by atoms with Gasteiger partial charge in [-0.05, 0) is 43.2 Å². The summed E-state index contributed by atoms with van der Waals surface area (Å²) in [5, 5.41) is 5.71. The third-order valence-electron chi connectivity index (χ3n) is 5.10. The maximum atomic E-state index is 14.1. The lowest BCUT2D eigenvalue weighted by molar-refractivity contribution is 0.207. The first-order valence-corrected chi connectivity index (χ1v) is 10.9. The van der Waals surface area contributed by atoms with Crippen molar-refractivity contribution < 1.29 is 18.0 Å². The van der Waals surface area contributed by atoms with Gasteiger partial charge in [0, 0.05) is 30.9 Å². The Morgan fingerprint density at radius 3 is 2.42 bits per heavy atom. The van der Waals surface area contributed by atoms with Crippen LogP contribution in [0.2, 0.25) is 0 Å². The van der Waals surface area contributed by atoms with E-state index in [1.54, 1.807) is 24.4 Å². The van der Waals surface area contributed by atoms with E-state index in [-0.39, 0.29) is 12.2 Å². The lowest BCUT2D eigenvalue weighted by atomic mass is 10.1. The van der Waals surface area contributed by atoms with Crippen LogP contribution in [0.25, 0.3) is 0 Å². The molecule has 0 aliphatic heterocycles. The molecule has 0 radical (unpaired) electrons. The molecule has 1 aromatic heterocycles. The van der Waals surface area contributed by atoms with Crippen LogP contribution in [0.5, 0.6) is 0 Å². The molecule has 2 aromatic carbocycles. The van der Waals surface area contributed by atoms with Gasteiger partial charge >= 0.3 is 6.03 Å². The molecule has 0 bridgehead atoms. The van der Waals surface area contributed by atoms with Gasteiger partial charge < -0.3 is 15.5 Å². The molecule has 0 unspecified atom stereocenters. The molecule has 1 heterocycles.